The summed E-state index contributed by atoms with van der Waals surface area (Å²) in [5, 5.41) is 4.76. The van der Waals surface area contributed by atoms with Crippen molar-refractivity contribution in [2.24, 2.45) is 4.99 Å². The molecule has 122 valence electrons. The molecule has 2 aromatic carbocycles. The van der Waals surface area contributed by atoms with Crippen LogP contribution in [0.25, 0.3) is 0 Å². The molecule has 0 aliphatic carbocycles. The number of rotatable bonds is 6. The van der Waals surface area contributed by atoms with E-state index in [2.05, 4.69) is 17.2 Å². The number of benzene rings is 2. The van der Waals surface area contributed by atoms with Gasteiger partial charge in [0.15, 0.2) is 0 Å². The molecule has 0 radical (unpaired) electrons. The van der Waals surface area contributed by atoms with Crippen molar-refractivity contribution in [3.63, 3.8) is 0 Å². The molecule has 0 spiro atoms. The van der Waals surface area contributed by atoms with Crippen LogP contribution in [0.3, 0.4) is 0 Å². The molecule has 23 heavy (non-hydrogen) atoms. The van der Waals surface area contributed by atoms with Crippen molar-refractivity contribution in [2.75, 3.05) is 18.9 Å². The number of hydrogen-bond donors (Lipinski definition) is 1. The van der Waals surface area contributed by atoms with Gasteiger partial charge in [0.25, 0.3) is 0 Å². The highest BCUT2D eigenvalue weighted by atomic mass is 35.5. The fraction of sp³-hybridized carbons (Fsp3) is 0.278. The minimum Gasteiger partial charge on any atom is -0.381 e. The van der Waals surface area contributed by atoms with Gasteiger partial charge in [-0.05, 0) is 43.2 Å². The number of anilines is 1. The molecule has 0 heterocycles. The minimum absolute atomic E-state index is 0.623. The Morgan fingerprint density at radius 2 is 1.91 bits per heavy atom. The second-order valence-corrected chi connectivity index (χ2v) is 6.20. The molecule has 0 saturated carbocycles. The van der Waals surface area contributed by atoms with Crippen molar-refractivity contribution in [2.45, 2.75) is 20.4 Å². The first-order chi connectivity index (χ1) is 11.0. The highest BCUT2D eigenvalue weighted by Gasteiger charge is 2.06. The van der Waals surface area contributed by atoms with E-state index < -0.39 is 0 Å². The number of aliphatic imine (C=N–C) groups is 1. The van der Waals surface area contributed by atoms with E-state index in [0.717, 1.165) is 34.1 Å². The zero-order chi connectivity index (χ0) is 16.8. The SMILES string of the molecule is CCN(C)C=Nc1cc(C)c(NCc2ccccc2Cl)cc1Cl. The number of nitrogens with zero attached hydrogens (tertiary/aromatic N) is 2. The van der Waals surface area contributed by atoms with E-state index in [1.165, 1.54) is 0 Å². The van der Waals surface area contributed by atoms with Crippen LogP contribution < -0.4 is 5.32 Å². The van der Waals surface area contributed by atoms with Gasteiger partial charge in [-0.1, -0.05) is 41.4 Å². The fourth-order valence-corrected chi connectivity index (χ4v) is 2.45. The first kappa shape index (κ1) is 17.6. The van der Waals surface area contributed by atoms with E-state index >= 15 is 0 Å². The molecule has 0 aliphatic heterocycles. The Bertz CT molecular complexity index is 699. The summed E-state index contributed by atoms with van der Waals surface area (Å²) in [6, 6.07) is 11.7. The minimum atomic E-state index is 0.623. The molecule has 0 aromatic heterocycles. The molecular weight excluding hydrogens is 329 g/mol. The molecule has 2 aromatic rings. The lowest BCUT2D eigenvalue weighted by atomic mass is 10.1. The van der Waals surface area contributed by atoms with Crippen molar-refractivity contribution >= 4 is 40.9 Å². The number of hydrogen-bond acceptors (Lipinski definition) is 2. The monoisotopic (exact) mass is 349 g/mol. The van der Waals surface area contributed by atoms with E-state index in [1.807, 2.05) is 55.3 Å². The molecule has 0 fully saturated rings. The first-order valence-electron chi connectivity index (χ1n) is 7.53. The van der Waals surface area contributed by atoms with Crippen LogP contribution in [-0.2, 0) is 6.54 Å². The van der Waals surface area contributed by atoms with Crippen molar-refractivity contribution in [1.29, 1.82) is 0 Å². The first-order valence-corrected chi connectivity index (χ1v) is 8.28. The van der Waals surface area contributed by atoms with Gasteiger partial charge in [-0.2, -0.15) is 0 Å². The molecule has 0 saturated heterocycles. The predicted octanol–water partition coefficient (Wildman–Crippen LogP) is 5.53. The Kier molecular flexibility index (Phi) is 6.31. The molecule has 0 unspecified atom stereocenters. The van der Waals surface area contributed by atoms with Gasteiger partial charge in [-0.3, -0.25) is 0 Å². The van der Waals surface area contributed by atoms with E-state index in [9.17, 15) is 0 Å². The quantitative estimate of drug-likeness (QED) is 0.548. The van der Waals surface area contributed by atoms with Gasteiger partial charge in [-0.15, -0.1) is 0 Å². The second-order valence-electron chi connectivity index (χ2n) is 5.38. The van der Waals surface area contributed by atoms with E-state index in [0.29, 0.717) is 11.6 Å². The molecular formula is C18H21Cl2N3. The predicted molar refractivity (Wildman–Crippen MR) is 101 cm³/mol. The van der Waals surface area contributed by atoms with Crippen LogP contribution in [0.4, 0.5) is 11.4 Å². The molecule has 2 rings (SSSR count). The van der Waals surface area contributed by atoms with Gasteiger partial charge in [-0.25, -0.2) is 4.99 Å². The van der Waals surface area contributed by atoms with Gasteiger partial charge in [0.1, 0.15) is 0 Å². The van der Waals surface area contributed by atoms with Crippen molar-refractivity contribution < 1.29 is 0 Å². The number of aryl methyl sites for hydroxylation is 1. The molecule has 1 N–H and O–H groups in total. The van der Waals surface area contributed by atoms with Crippen LogP contribution in [0, 0.1) is 6.92 Å². The highest BCUT2D eigenvalue weighted by molar-refractivity contribution is 6.33. The maximum Gasteiger partial charge on any atom is 0.0910 e. The molecule has 0 bridgehead atoms. The third kappa shape index (κ3) is 4.88. The van der Waals surface area contributed by atoms with Gasteiger partial charge in [0.05, 0.1) is 17.0 Å². The molecule has 0 aliphatic rings. The van der Waals surface area contributed by atoms with Crippen molar-refractivity contribution in [3.8, 4) is 0 Å². The van der Waals surface area contributed by atoms with Gasteiger partial charge >= 0.3 is 0 Å². The Hall–Kier alpha value is -1.71. The maximum atomic E-state index is 6.34. The van der Waals surface area contributed by atoms with E-state index in [-0.39, 0.29) is 0 Å². The fourth-order valence-electron chi connectivity index (χ4n) is 2.03. The average Bonchev–Trinajstić information content (AvgIpc) is 2.54. The smallest absolute Gasteiger partial charge is 0.0910 e. The summed E-state index contributed by atoms with van der Waals surface area (Å²) in [5.41, 5.74) is 3.90. The Morgan fingerprint density at radius 1 is 1.17 bits per heavy atom. The van der Waals surface area contributed by atoms with E-state index in [1.54, 1.807) is 6.34 Å². The largest absolute Gasteiger partial charge is 0.381 e. The molecule has 3 nitrogen and oxygen atoms in total. The van der Waals surface area contributed by atoms with Crippen LogP contribution in [0.1, 0.15) is 18.1 Å². The Labute approximate surface area is 147 Å². The summed E-state index contributed by atoms with van der Waals surface area (Å²) >= 11 is 12.5. The third-order valence-corrected chi connectivity index (χ3v) is 4.29. The zero-order valence-corrected chi connectivity index (χ0v) is 15.1. The lowest BCUT2D eigenvalue weighted by Crippen LogP contribution is -2.14. The van der Waals surface area contributed by atoms with Gasteiger partial charge < -0.3 is 10.2 Å². The van der Waals surface area contributed by atoms with E-state index in [4.69, 9.17) is 23.2 Å². The summed E-state index contributed by atoms with van der Waals surface area (Å²) < 4.78 is 0. The Morgan fingerprint density at radius 3 is 2.61 bits per heavy atom. The van der Waals surface area contributed by atoms with Crippen molar-refractivity contribution in [3.05, 3.63) is 57.6 Å². The summed E-state index contributed by atoms with van der Waals surface area (Å²) in [7, 11) is 1.98. The second kappa shape index (κ2) is 8.23. The van der Waals surface area contributed by atoms with Crippen LogP contribution in [0.15, 0.2) is 41.4 Å². The summed E-state index contributed by atoms with van der Waals surface area (Å²) in [4.78, 5) is 6.43. The molecule has 0 atom stereocenters. The molecule has 0 amide bonds. The third-order valence-electron chi connectivity index (χ3n) is 3.61. The van der Waals surface area contributed by atoms with Crippen LogP contribution >= 0.6 is 23.2 Å². The number of halogens is 2. The van der Waals surface area contributed by atoms with Crippen LogP contribution in [0.5, 0.6) is 0 Å². The standard InChI is InChI=1S/C18H21Cl2N3/c1-4-23(3)12-22-18-9-13(2)17(10-16(18)20)21-11-14-7-5-6-8-15(14)19/h5-10,12,21H,4,11H2,1-3H3. The number of nitrogens with one attached hydrogen (secondary N) is 1. The van der Waals surface area contributed by atoms with Crippen molar-refractivity contribution in [1.82, 2.24) is 4.90 Å². The van der Waals surface area contributed by atoms with Crippen LogP contribution in [0.2, 0.25) is 10.0 Å². The Balaban J connectivity index is 2.14. The zero-order valence-electron chi connectivity index (χ0n) is 13.6. The molecule has 5 heteroatoms. The summed E-state index contributed by atoms with van der Waals surface area (Å²) in [6.07, 6.45) is 1.79. The summed E-state index contributed by atoms with van der Waals surface area (Å²) in [6.45, 7) is 5.66. The summed E-state index contributed by atoms with van der Waals surface area (Å²) in [5.74, 6) is 0. The van der Waals surface area contributed by atoms with Gasteiger partial charge in [0.2, 0.25) is 0 Å². The maximum absolute atomic E-state index is 6.34. The van der Waals surface area contributed by atoms with Gasteiger partial charge in [0, 0.05) is 30.8 Å². The highest BCUT2D eigenvalue weighted by Crippen LogP contribution is 2.31. The van der Waals surface area contributed by atoms with Crippen LogP contribution in [-0.4, -0.2) is 24.8 Å². The lowest BCUT2D eigenvalue weighted by molar-refractivity contribution is 0.552. The normalized spacial score (nSPS) is 11.0. The average molecular weight is 350 g/mol. The lowest BCUT2D eigenvalue weighted by Gasteiger charge is -2.13. The topological polar surface area (TPSA) is 27.6 Å².